The Morgan fingerprint density at radius 1 is 1.19 bits per heavy atom. The second-order valence-corrected chi connectivity index (χ2v) is 4.66. The topological polar surface area (TPSA) is 37.3 Å². The summed E-state index contributed by atoms with van der Waals surface area (Å²) in [5.41, 5.74) is 1.31. The van der Waals surface area contributed by atoms with Crippen LogP contribution < -0.4 is 0 Å². The van der Waals surface area contributed by atoms with Crippen LogP contribution in [0.1, 0.15) is 43.6 Å². The molecule has 2 nitrogen and oxygen atoms in total. The lowest BCUT2D eigenvalue weighted by molar-refractivity contribution is -0.138. The van der Waals surface area contributed by atoms with E-state index in [0.29, 0.717) is 18.3 Å². The summed E-state index contributed by atoms with van der Waals surface area (Å²) < 4.78 is 0. The predicted molar refractivity (Wildman–Crippen MR) is 63.4 cm³/mol. The molecule has 2 heteroatoms. The average molecular weight is 218 g/mol. The van der Waals surface area contributed by atoms with E-state index in [1.807, 2.05) is 18.2 Å². The maximum atomic E-state index is 10.8. The molecule has 0 unspecified atom stereocenters. The molecule has 1 saturated carbocycles. The van der Waals surface area contributed by atoms with Crippen LogP contribution in [-0.2, 0) is 4.79 Å². The zero-order valence-corrected chi connectivity index (χ0v) is 9.43. The Kier molecular flexibility index (Phi) is 3.60. The summed E-state index contributed by atoms with van der Waals surface area (Å²) in [6.07, 6.45) is 4.93. The van der Waals surface area contributed by atoms with Crippen LogP contribution in [-0.4, -0.2) is 11.1 Å². The second-order valence-electron chi connectivity index (χ2n) is 4.66. The Morgan fingerprint density at radius 3 is 2.56 bits per heavy atom. The van der Waals surface area contributed by atoms with Gasteiger partial charge in [0, 0.05) is 6.42 Å². The fourth-order valence-corrected chi connectivity index (χ4v) is 2.82. The molecule has 1 aromatic rings. The largest absolute Gasteiger partial charge is 0.481 e. The van der Waals surface area contributed by atoms with Crippen LogP contribution in [0.15, 0.2) is 30.3 Å². The quantitative estimate of drug-likeness (QED) is 0.843. The van der Waals surface area contributed by atoms with Crippen molar-refractivity contribution in [2.24, 2.45) is 5.92 Å². The summed E-state index contributed by atoms with van der Waals surface area (Å²) in [6, 6.07) is 10.4. The Bertz CT molecular complexity index is 345. The first-order chi connectivity index (χ1) is 7.77. The van der Waals surface area contributed by atoms with Crippen molar-refractivity contribution in [3.05, 3.63) is 35.9 Å². The number of hydrogen-bond donors (Lipinski definition) is 1. The molecule has 16 heavy (non-hydrogen) atoms. The first-order valence-electron chi connectivity index (χ1n) is 6.04. The highest BCUT2D eigenvalue weighted by molar-refractivity contribution is 5.67. The van der Waals surface area contributed by atoms with Crippen molar-refractivity contribution in [3.63, 3.8) is 0 Å². The number of carbonyl (C=O) groups is 1. The SMILES string of the molecule is O=C(O)C[C@H]1CCCC[C@H]1c1ccccc1. The molecule has 0 bridgehead atoms. The molecule has 1 aliphatic carbocycles. The summed E-state index contributed by atoms with van der Waals surface area (Å²) in [7, 11) is 0. The zero-order valence-electron chi connectivity index (χ0n) is 9.43. The van der Waals surface area contributed by atoms with Gasteiger partial charge in [-0.1, -0.05) is 43.2 Å². The fraction of sp³-hybridized carbons (Fsp3) is 0.500. The van der Waals surface area contributed by atoms with Crippen LogP contribution >= 0.6 is 0 Å². The van der Waals surface area contributed by atoms with Gasteiger partial charge < -0.3 is 5.11 Å². The van der Waals surface area contributed by atoms with E-state index >= 15 is 0 Å². The van der Waals surface area contributed by atoms with Gasteiger partial charge in [-0.3, -0.25) is 4.79 Å². The molecule has 0 amide bonds. The van der Waals surface area contributed by atoms with Crippen molar-refractivity contribution >= 4 is 5.97 Å². The van der Waals surface area contributed by atoms with Gasteiger partial charge in [-0.15, -0.1) is 0 Å². The van der Waals surface area contributed by atoms with Crippen LogP contribution in [0.25, 0.3) is 0 Å². The highest BCUT2D eigenvalue weighted by Crippen LogP contribution is 2.39. The molecule has 86 valence electrons. The average Bonchev–Trinajstić information content (AvgIpc) is 2.30. The molecule has 0 aliphatic heterocycles. The second kappa shape index (κ2) is 5.15. The standard InChI is InChI=1S/C14H18O2/c15-14(16)10-12-8-4-5-9-13(12)11-6-2-1-3-7-11/h1-3,6-7,12-13H,4-5,8-10H2,(H,15,16)/t12-,13+/m1/s1. The number of benzene rings is 1. The smallest absolute Gasteiger partial charge is 0.303 e. The van der Waals surface area contributed by atoms with Crippen LogP contribution in [0.5, 0.6) is 0 Å². The number of hydrogen-bond acceptors (Lipinski definition) is 1. The van der Waals surface area contributed by atoms with Gasteiger partial charge in [-0.05, 0) is 30.2 Å². The van der Waals surface area contributed by atoms with E-state index in [1.165, 1.54) is 18.4 Å². The van der Waals surface area contributed by atoms with Crippen molar-refractivity contribution in [1.29, 1.82) is 0 Å². The first-order valence-corrected chi connectivity index (χ1v) is 6.04. The molecule has 1 N–H and O–H groups in total. The number of carboxylic acid groups (broad SMARTS) is 1. The summed E-state index contributed by atoms with van der Waals surface area (Å²) in [4.78, 5) is 10.8. The molecule has 0 heterocycles. The number of rotatable bonds is 3. The lowest BCUT2D eigenvalue weighted by Gasteiger charge is -2.30. The van der Waals surface area contributed by atoms with E-state index < -0.39 is 5.97 Å². The van der Waals surface area contributed by atoms with Crippen LogP contribution in [0.3, 0.4) is 0 Å². The third-order valence-electron chi connectivity index (χ3n) is 3.57. The molecule has 0 aromatic heterocycles. The lowest BCUT2D eigenvalue weighted by atomic mass is 9.74. The lowest BCUT2D eigenvalue weighted by Crippen LogP contribution is -2.20. The third-order valence-corrected chi connectivity index (χ3v) is 3.57. The Morgan fingerprint density at radius 2 is 1.88 bits per heavy atom. The fourth-order valence-electron chi connectivity index (χ4n) is 2.82. The van der Waals surface area contributed by atoms with Gasteiger partial charge in [0.2, 0.25) is 0 Å². The Hall–Kier alpha value is -1.31. The zero-order chi connectivity index (χ0) is 11.4. The molecule has 0 saturated heterocycles. The molecule has 2 rings (SSSR count). The third kappa shape index (κ3) is 2.63. The van der Waals surface area contributed by atoms with E-state index in [9.17, 15) is 4.79 Å². The Labute approximate surface area is 96.3 Å². The minimum absolute atomic E-state index is 0.319. The minimum Gasteiger partial charge on any atom is -0.481 e. The predicted octanol–water partition coefficient (Wildman–Crippen LogP) is 3.44. The first kappa shape index (κ1) is 11.2. The van der Waals surface area contributed by atoms with Gasteiger partial charge in [-0.25, -0.2) is 0 Å². The van der Waals surface area contributed by atoms with E-state index in [4.69, 9.17) is 5.11 Å². The molecule has 0 spiro atoms. The van der Waals surface area contributed by atoms with E-state index in [2.05, 4.69) is 12.1 Å². The normalized spacial score (nSPS) is 25.2. The van der Waals surface area contributed by atoms with E-state index in [0.717, 1.165) is 12.8 Å². The monoisotopic (exact) mass is 218 g/mol. The summed E-state index contributed by atoms with van der Waals surface area (Å²) in [5, 5.41) is 8.93. The van der Waals surface area contributed by atoms with Crippen molar-refractivity contribution < 1.29 is 9.90 Å². The van der Waals surface area contributed by atoms with Crippen LogP contribution in [0.4, 0.5) is 0 Å². The van der Waals surface area contributed by atoms with Crippen molar-refractivity contribution in [1.82, 2.24) is 0 Å². The maximum Gasteiger partial charge on any atom is 0.303 e. The minimum atomic E-state index is -0.659. The van der Waals surface area contributed by atoms with Crippen molar-refractivity contribution in [3.8, 4) is 0 Å². The molecule has 0 radical (unpaired) electrons. The van der Waals surface area contributed by atoms with Gasteiger partial charge in [-0.2, -0.15) is 0 Å². The van der Waals surface area contributed by atoms with Gasteiger partial charge in [0.05, 0.1) is 0 Å². The number of aliphatic carboxylic acids is 1. The molecule has 1 aliphatic rings. The van der Waals surface area contributed by atoms with Gasteiger partial charge in [0.15, 0.2) is 0 Å². The number of carboxylic acids is 1. The van der Waals surface area contributed by atoms with Gasteiger partial charge in [0.25, 0.3) is 0 Å². The maximum absolute atomic E-state index is 10.8. The molecule has 1 fully saturated rings. The molecule has 1 aromatic carbocycles. The van der Waals surface area contributed by atoms with Crippen LogP contribution in [0, 0.1) is 5.92 Å². The van der Waals surface area contributed by atoms with Crippen molar-refractivity contribution in [2.45, 2.75) is 38.0 Å². The van der Waals surface area contributed by atoms with E-state index in [-0.39, 0.29) is 0 Å². The summed E-state index contributed by atoms with van der Waals surface area (Å²) in [5.74, 6) is 0.118. The Balaban J connectivity index is 2.13. The van der Waals surface area contributed by atoms with Gasteiger partial charge >= 0.3 is 5.97 Å². The molecule has 2 atom stereocenters. The summed E-state index contributed by atoms with van der Waals surface area (Å²) in [6.45, 7) is 0. The highest BCUT2D eigenvalue weighted by Gasteiger charge is 2.27. The summed E-state index contributed by atoms with van der Waals surface area (Å²) >= 11 is 0. The van der Waals surface area contributed by atoms with Crippen LogP contribution in [0.2, 0.25) is 0 Å². The molecular formula is C14H18O2. The van der Waals surface area contributed by atoms with E-state index in [1.54, 1.807) is 0 Å². The highest BCUT2D eigenvalue weighted by atomic mass is 16.4. The molecular weight excluding hydrogens is 200 g/mol. The van der Waals surface area contributed by atoms with Crippen molar-refractivity contribution in [2.75, 3.05) is 0 Å². The van der Waals surface area contributed by atoms with Gasteiger partial charge in [0.1, 0.15) is 0 Å².